The smallest absolute Gasteiger partial charge is 0.353 e. The largest absolute Gasteiger partial charge is 0.379 e. The van der Waals surface area contributed by atoms with Crippen molar-refractivity contribution in [1.82, 2.24) is 19.9 Å². The molecule has 0 unspecified atom stereocenters. The molecular formula is C16H20BrN7O3. The summed E-state index contributed by atoms with van der Waals surface area (Å²) >= 11 is 3.30. The van der Waals surface area contributed by atoms with Crippen molar-refractivity contribution in [3.63, 3.8) is 0 Å². The molecule has 0 aliphatic carbocycles. The molecule has 10 nitrogen and oxygen atoms in total. The molecule has 2 aromatic heterocycles. The monoisotopic (exact) mass is 437 g/mol. The molecule has 0 amide bonds. The molecule has 1 fully saturated rings. The Labute approximate surface area is 164 Å². The molecule has 0 bridgehead atoms. The summed E-state index contributed by atoms with van der Waals surface area (Å²) in [6.07, 6.45) is 3.73. The van der Waals surface area contributed by atoms with Gasteiger partial charge in [-0.2, -0.15) is 0 Å². The molecule has 0 saturated carbocycles. The first kappa shape index (κ1) is 19.4. The highest BCUT2D eigenvalue weighted by Crippen LogP contribution is 2.30. The maximum Gasteiger partial charge on any atom is 0.353 e. The Morgan fingerprint density at radius 1 is 1.22 bits per heavy atom. The minimum Gasteiger partial charge on any atom is -0.379 e. The molecule has 2 N–H and O–H groups in total. The van der Waals surface area contributed by atoms with Crippen LogP contribution in [-0.4, -0.2) is 64.2 Å². The van der Waals surface area contributed by atoms with E-state index in [4.69, 9.17) is 4.74 Å². The zero-order valence-electron chi connectivity index (χ0n) is 14.6. The van der Waals surface area contributed by atoms with Gasteiger partial charge in [-0.3, -0.25) is 15.0 Å². The lowest BCUT2D eigenvalue weighted by Crippen LogP contribution is -2.37. The van der Waals surface area contributed by atoms with Gasteiger partial charge in [-0.1, -0.05) is 0 Å². The van der Waals surface area contributed by atoms with Crippen molar-refractivity contribution in [2.45, 2.75) is 6.42 Å². The Morgan fingerprint density at radius 3 is 2.70 bits per heavy atom. The Balaban J connectivity index is 1.63. The third-order valence-electron chi connectivity index (χ3n) is 4.03. The summed E-state index contributed by atoms with van der Waals surface area (Å²) in [5.41, 5.74) is -0.200. The normalized spacial score (nSPS) is 14.7. The Morgan fingerprint density at radius 2 is 2.00 bits per heavy atom. The van der Waals surface area contributed by atoms with Crippen molar-refractivity contribution in [3.8, 4) is 0 Å². The van der Waals surface area contributed by atoms with E-state index < -0.39 is 4.92 Å². The predicted molar refractivity (Wildman–Crippen MR) is 104 cm³/mol. The number of nitro groups is 1. The minimum absolute atomic E-state index is 0.0977. The highest BCUT2D eigenvalue weighted by atomic mass is 79.9. The molecule has 1 aliphatic rings. The van der Waals surface area contributed by atoms with Gasteiger partial charge in [0.05, 0.1) is 18.1 Å². The van der Waals surface area contributed by atoms with Crippen molar-refractivity contribution in [3.05, 3.63) is 39.2 Å². The van der Waals surface area contributed by atoms with Crippen molar-refractivity contribution in [2.75, 3.05) is 50.0 Å². The Hall–Kier alpha value is -2.37. The van der Waals surface area contributed by atoms with E-state index in [1.807, 2.05) is 0 Å². The molecule has 11 heteroatoms. The van der Waals surface area contributed by atoms with Gasteiger partial charge in [-0.15, -0.1) is 0 Å². The van der Waals surface area contributed by atoms with Gasteiger partial charge in [0.25, 0.3) is 0 Å². The van der Waals surface area contributed by atoms with Crippen molar-refractivity contribution < 1.29 is 9.66 Å². The molecule has 144 valence electrons. The number of hydrogen-bond donors (Lipinski definition) is 2. The molecule has 0 spiro atoms. The van der Waals surface area contributed by atoms with Gasteiger partial charge in [0.1, 0.15) is 12.1 Å². The zero-order valence-corrected chi connectivity index (χ0v) is 16.2. The van der Waals surface area contributed by atoms with E-state index >= 15 is 0 Å². The highest BCUT2D eigenvalue weighted by Gasteiger charge is 2.23. The molecule has 1 saturated heterocycles. The van der Waals surface area contributed by atoms with Crippen LogP contribution in [-0.2, 0) is 4.74 Å². The van der Waals surface area contributed by atoms with Gasteiger partial charge in [0, 0.05) is 30.3 Å². The van der Waals surface area contributed by atoms with Gasteiger partial charge in [-0.25, -0.2) is 15.0 Å². The molecule has 0 radical (unpaired) electrons. The van der Waals surface area contributed by atoms with Crippen LogP contribution in [0.2, 0.25) is 0 Å². The summed E-state index contributed by atoms with van der Waals surface area (Å²) in [6.45, 7) is 4.83. The van der Waals surface area contributed by atoms with E-state index in [1.54, 1.807) is 18.3 Å². The van der Waals surface area contributed by atoms with Gasteiger partial charge in [-0.05, 0) is 41.0 Å². The van der Waals surface area contributed by atoms with E-state index in [0.717, 1.165) is 43.7 Å². The summed E-state index contributed by atoms with van der Waals surface area (Å²) in [5.74, 6) is 0.746. The SMILES string of the molecule is O=[N+]([O-])c1c(NCCCN2CCOCC2)ncnc1Nc1ccc(Br)cn1. The fourth-order valence-corrected chi connectivity index (χ4v) is 2.91. The van der Waals surface area contributed by atoms with Crippen molar-refractivity contribution in [1.29, 1.82) is 0 Å². The number of rotatable bonds is 8. The van der Waals surface area contributed by atoms with Gasteiger partial charge in [0.15, 0.2) is 0 Å². The van der Waals surface area contributed by atoms with Crippen molar-refractivity contribution in [2.24, 2.45) is 0 Å². The molecule has 3 heterocycles. The fraction of sp³-hybridized carbons (Fsp3) is 0.438. The van der Waals surface area contributed by atoms with Crippen LogP contribution in [0.5, 0.6) is 0 Å². The van der Waals surface area contributed by atoms with Crippen LogP contribution in [0.1, 0.15) is 6.42 Å². The Bertz CT molecular complexity index is 769. The second-order valence-corrected chi connectivity index (χ2v) is 6.81. The number of morpholine rings is 1. The summed E-state index contributed by atoms with van der Waals surface area (Å²) in [6, 6.07) is 3.48. The molecule has 0 aromatic carbocycles. The summed E-state index contributed by atoms with van der Waals surface area (Å²) < 4.78 is 6.13. The summed E-state index contributed by atoms with van der Waals surface area (Å²) in [5, 5.41) is 17.5. The maximum atomic E-state index is 11.6. The van der Waals surface area contributed by atoms with Crippen LogP contribution in [0.25, 0.3) is 0 Å². The minimum atomic E-state index is -0.495. The molecule has 1 aliphatic heterocycles. The number of hydrogen-bond acceptors (Lipinski definition) is 9. The van der Waals surface area contributed by atoms with Gasteiger partial charge >= 0.3 is 5.69 Å². The van der Waals surface area contributed by atoms with Crippen LogP contribution in [0.3, 0.4) is 0 Å². The van der Waals surface area contributed by atoms with E-state index in [1.165, 1.54) is 6.33 Å². The molecule has 27 heavy (non-hydrogen) atoms. The number of anilines is 3. The number of pyridine rings is 1. The van der Waals surface area contributed by atoms with Crippen LogP contribution in [0, 0.1) is 10.1 Å². The summed E-state index contributed by atoms with van der Waals surface area (Å²) in [7, 11) is 0. The van der Waals surface area contributed by atoms with E-state index in [2.05, 4.69) is 46.4 Å². The van der Waals surface area contributed by atoms with Crippen LogP contribution in [0.4, 0.5) is 23.1 Å². The van der Waals surface area contributed by atoms with E-state index in [0.29, 0.717) is 12.4 Å². The lowest BCUT2D eigenvalue weighted by Gasteiger charge is -2.26. The number of nitrogens with one attached hydrogen (secondary N) is 2. The second-order valence-electron chi connectivity index (χ2n) is 5.90. The zero-order chi connectivity index (χ0) is 19.1. The molecule has 0 atom stereocenters. The second kappa shape index (κ2) is 9.53. The topological polar surface area (TPSA) is 118 Å². The van der Waals surface area contributed by atoms with E-state index in [9.17, 15) is 10.1 Å². The molecular weight excluding hydrogens is 418 g/mol. The van der Waals surface area contributed by atoms with Gasteiger partial charge in [0.2, 0.25) is 11.6 Å². The summed E-state index contributed by atoms with van der Waals surface area (Å²) in [4.78, 5) is 25.6. The molecule has 2 aromatic rings. The third-order valence-corrected chi connectivity index (χ3v) is 4.50. The third kappa shape index (κ3) is 5.55. The number of halogens is 1. The first-order chi connectivity index (χ1) is 13.1. The first-order valence-corrected chi connectivity index (χ1v) is 9.35. The average Bonchev–Trinajstić information content (AvgIpc) is 2.68. The predicted octanol–water partition coefficient (Wildman–Crippen LogP) is 2.42. The van der Waals surface area contributed by atoms with Crippen LogP contribution >= 0.6 is 15.9 Å². The average molecular weight is 438 g/mol. The maximum absolute atomic E-state index is 11.6. The lowest BCUT2D eigenvalue weighted by atomic mass is 10.3. The number of nitrogens with zero attached hydrogens (tertiary/aromatic N) is 5. The fourth-order valence-electron chi connectivity index (χ4n) is 2.68. The quantitative estimate of drug-likeness (QED) is 0.364. The number of aromatic nitrogens is 3. The number of ether oxygens (including phenoxy) is 1. The highest BCUT2D eigenvalue weighted by molar-refractivity contribution is 9.10. The van der Waals surface area contributed by atoms with Crippen molar-refractivity contribution >= 4 is 39.1 Å². The first-order valence-electron chi connectivity index (χ1n) is 8.55. The Kier molecular flexibility index (Phi) is 6.85. The van der Waals surface area contributed by atoms with Crippen LogP contribution in [0.15, 0.2) is 29.1 Å². The lowest BCUT2D eigenvalue weighted by molar-refractivity contribution is -0.383. The van der Waals surface area contributed by atoms with E-state index in [-0.39, 0.29) is 17.3 Å². The van der Waals surface area contributed by atoms with Gasteiger partial charge < -0.3 is 15.4 Å². The standard InChI is InChI=1S/C16H20BrN7O3/c17-12-2-3-13(19-10-12)22-16-14(24(25)26)15(20-11-21-16)18-4-1-5-23-6-8-27-9-7-23/h2-3,10-11H,1,4-9H2,(H2,18,19,20,21,22). The van der Waals surface area contributed by atoms with Crippen LogP contribution < -0.4 is 10.6 Å². The molecule has 3 rings (SSSR count).